The van der Waals surface area contributed by atoms with Crippen LogP contribution in [0.3, 0.4) is 0 Å². The summed E-state index contributed by atoms with van der Waals surface area (Å²) in [6.07, 6.45) is 3.08. The zero-order valence-electron chi connectivity index (χ0n) is 16.0. The van der Waals surface area contributed by atoms with Crippen molar-refractivity contribution in [2.45, 2.75) is 32.1 Å². The summed E-state index contributed by atoms with van der Waals surface area (Å²) in [4.78, 5) is 33.8. The zero-order chi connectivity index (χ0) is 19.7. The van der Waals surface area contributed by atoms with Gasteiger partial charge in [-0.3, -0.25) is 14.6 Å². The fraction of sp³-hybridized carbons (Fsp3) is 0.409. The molecular weight excluding hydrogens is 357 g/mol. The van der Waals surface area contributed by atoms with E-state index in [4.69, 9.17) is 0 Å². The average molecular weight is 381 g/mol. The predicted molar refractivity (Wildman–Crippen MR) is 104 cm³/mol. The molecule has 0 spiro atoms. The average Bonchev–Trinajstić information content (AvgIpc) is 3.54. The standard InChI is InChI=1S/C22H24FN3O2/c1-15-19(9-10-20(24-15)16-3-4-16)22(28)26-12-2-11-25(13-14-26)21(27)17-5-7-18(23)8-6-17/h5-10,16H,2-4,11-14H2,1H3. The Bertz CT molecular complexity index is 893. The molecule has 6 heteroatoms. The Balaban J connectivity index is 1.42. The van der Waals surface area contributed by atoms with E-state index in [2.05, 4.69) is 4.98 Å². The number of nitrogens with zero attached hydrogens (tertiary/aromatic N) is 3. The summed E-state index contributed by atoms with van der Waals surface area (Å²) in [5.74, 6) is 0.0531. The van der Waals surface area contributed by atoms with Crippen LogP contribution < -0.4 is 0 Å². The lowest BCUT2D eigenvalue weighted by Crippen LogP contribution is -2.37. The van der Waals surface area contributed by atoms with Crippen LogP contribution in [0.15, 0.2) is 36.4 Å². The molecule has 28 heavy (non-hydrogen) atoms. The van der Waals surface area contributed by atoms with Crippen LogP contribution in [0.25, 0.3) is 0 Å². The van der Waals surface area contributed by atoms with Crippen molar-refractivity contribution >= 4 is 11.8 Å². The molecule has 1 aliphatic carbocycles. The van der Waals surface area contributed by atoms with E-state index in [1.807, 2.05) is 19.1 Å². The maximum atomic E-state index is 13.1. The van der Waals surface area contributed by atoms with Gasteiger partial charge in [0.1, 0.15) is 5.82 Å². The minimum Gasteiger partial charge on any atom is -0.337 e. The van der Waals surface area contributed by atoms with Crippen molar-refractivity contribution in [1.29, 1.82) is 0 Å². The number of aryl methyl sites for hydroxylation is 1. The molecule has 2 heterocycles. The SMILES string of the molecule is Cc1nc(C2CC2)ccc1C(=O)N1CCCN(C(=O)c2ccc(F)cc2)CC1. The fourth-order valence-corrected chi connectivity index (χ4v) is 3.68. The fourth-order valence-electron chi connectivity index (χ4n) is 3.68. The molecule has 0 unspecified atom stereocenters. The summed E-state index contributed by atoms with van der Waals surface area (Å²) >= 11 is 0. The third-order valence-electron chi connectivity index (χ3n) is 5.49. The molecule has 1 saturated carbocycles. The van der Waals surface area contributed by atoms with Gasteiger partial charge in [0, 0.05) is 43.4 Å². The van der Waals surface area contributed by atoms with Crippen LogP contribution in [0.5, 0.6) is 0 Å². The van der Waals surface area contributed by atoms with Crippen LogP contribution in [-0.2, 0) is 0 Å². The van der Waals surface area contributed by atoms with Crippen molar-refractivity contribution in [1.82, 2.24) is 14.8 Å². The minimum absolute atomic E-state index is 0.0246. The molecule has 0 bridgehead atoms. The van der Waals surface area contributed by atoms with Crippen molar-refractivity contribution < 1.29 is 14.0 Å². The van der Waals surface area contributed by atoms with Gasteiger partial charge in [-0.15, -0.1) is 0 Å². The molecule has 1 saturated heterocycles. The first kappa shape index (κ1) is 18.6. The quantitative estimate of drug-likeness (QED) is 0.819. The Labute approximate surface area is 164 Å². The number of pyridine rings is 1. The Hall–Kier alpha value is -2.76. The first-order valence-corrected chi connectivity index (χ1v) is 9.84. The van der Waals surface area contributed by atoms with Gasteiger partial charge in [0.15, 0.2) is 0 Å². The number of rotatable bonds is 3. The van der Waals surface area contributed by atoms with Crippen LogP contribution >= 0.6 is 0 Å². The molecule has 0 atom stereocenters. The highest BCUT2D eigenvalue weighted by atomic mass is 19.1. The van der Waals surface area contributed by atoms with Crippen LogP contribution in [0.2, 0.25) is 0 Å². The summed E-state index contributed by atoms with van der Waals surface area (Å²) in [6.45, 7) is 4.03. The van der Waals surface area contributed by atoms with E-state index in [0.29, 0.717) is 49.6 Å². The minimum atomic E-state index is -0.360. The van der Waals surface area contributed by atoms with Crippen molar-refractivity contribution in [3.63, 3.8) is 0 Å². The Kier molecular flexibility index (Phi) is 5.11. The molecule has 4 rings (SSSR count). The van der Waals surface area contributed by atoms with Gasteiger partial charge in [-0.2, -0.15) is 0 Å². The second-order valence-electron chi connectivity index (χ2n) is 7.59. The highest BCUT2D eigenvalue weighted by Crippen LogP contribution is 2.39. The van der Waals surface area contributed by atoms with E-state index in [1.165, 1.54) is 37.1 Å². The Morgan fingerprint density at radius 1 is 0.929 bits per heavy atom. The van der Waals surface area contributed by atoms with Crippen LogP contribution in [0, 0.1) is 12.7 Å². The van der Waals surface area contributed by atoms with Crippen LogP contribution in [0.4, 0.5) is 4.39 Å². The van der Waals surface area contributed by atoms with Gasteiger partial charge in [0.2, 0.25) is 0 Å². The Morgan fingerprint density at radius 3 is 2.18 bits per heavy atom. The first-order valence-electron chi connectivity index (χ1n) is 9.84. The Morgan fingerprint density at radius 2 is 1.57 bits per heavy atom. The van der Waals surface area contributed by atoms with Gasteiger partial charge in [0.25, 0.3) is 11.8 Å². The second kappa shape index (κ2) is 7.70. The van der Waals surface area contributed by atoms with Gasteiger partial charge in [-0.1, -0.05) is 0 Å². The maximum Gasteiger partial charge on any atom is 0.255 e. The number of carbonyl (C=O) groups excluding carboxylic acids is 2. The van der Waals surface area contributed by atoms with Crippen LogP contribution in [0.1, 0.15) is 57.3 Å². The van der Waals surface area contributed by atoms with E-state index in [1.54, 1.807) is 9.80 Å². The lowest BCUT2D eigenvalue weighted by molar-refractivity contribution is 0.0718. The van der Waals surface area contributed by atoms with Crippen molar-refractivity contribution in [3.05, 3.63) is 64.7 Å². The predicted octanol–water partition coefficient (Wildman–Crippen LogP) is 3.39. The summed E-state index contributed by atoms with van der Waals surface area (Å²) in [6, 6.07) is 9.46. The molecule has 2 aliphatic rings. The van der Waals surface area contributed by atoms with E-state index >= 15 is 0 Å². The number of benzene rings is 1. The van der Waals surface area contributed by atoms with Gasteiger partial charge < -0.3 is 9.80 Å². The van der Waals surface area contributed by atoms with Gasteiger partial charge in [-0.25, -0.2) is 4.39 Å². The molecule has 5 nitrogen and oxygen atoms in total. The monoisotopic (exact) mass is 381 g/mol. The van der Waals surface area contributed by atoms with E-state index in [0.717, 1.165) is 11.4 Å². The van der Waals surface area contributed by atoms with Crippen molar-refractivity contribution in [3.8, 4) is 0 Å². The molecule has 146 valence electrons. The number of aromatic nitrogens is 1. The summed E-state index contributed by atoms with van der Waals surface area (Å²) in [7, 11) is 0. The molecular formula is C22H24FN3O2. The number of amides is 2. The number of carbonyl (C=O) groups is 2. The van der Waals surface area contributed by atoms with Gasteiger partial charge >= 0.3 is 0 Å². The molecule has 1 aromatic heterocycles. The zero-order valence-corrected chi connectivity index (χ0v) is 16.0. The number of halogens is 1. The van der Waals surface area contributed by atoms with Crippen molar-refractivity contribution in [2.24, 2.45) is 0 Å². The summed E-state index contributed by atoms with van der Waals surface area (Å²) in [5, 5.41) is 0. The third-order valence-corrected chi connectivity index (χ3v) is 5.49. The van der Waals surface area contributed by atoms with Crippen LogP contribution in [-0.4, -0.2) is 52.8 Å². The maximum absolute atomic E-state index is 13.1. The summed E-state index contributed by atoms with van der Waals surface area (Å²) in [5.41, 5.74) is 2.97. The number of hydrogen-bond donors (Lipinski definition) is 0. The molecule has 2 aromatic rings. The van der Waals surface area contributed by atoms with Gasteiger partial charge in [0.05, 0.1) is 11.3 Å². The summed E-state index contributed by atoms with van der Waals surface area (Å²) < 4.78 is 13.1. The topological polar surface area (TPSA) is 53.5 Å². The molecule has 0 N–H and O–H groups in total. The molecule has 0 radical (unpaired) electrons. The van der Waals surface area contributed by atoms with Gasteiger partial charge in [-0.05, 0) is 62.6 Å². The smallest absolute Gasteiger partial charge is 0.255 e. The second-order valence-corrected chi connectivity index (χ2v) is 7.59. The highest BCUT2D eigenvalue weighted by molar-refractivity contribution is 5.96. The molecule has 2 amide bonds. The molecule has 1 aliphatic heterocycles. The lowest BCUT2D eigenvalue weighted by Gasteiger charge is -2.23. The largest absolute Gasteiger partial charge is 0.337 e. The first-order chi connectivity index (χ1) is 13.5. The normalized spacial score (nSPS) is 17.4. The highest BCUT2D eigenvalue weighted by Gasteiger charge is 2.27. The molecule has 1 aromatic carbocycles. The number of hydrogen-bond acceptors (Lipinski definition) is 3. The van der Waals surface area contributed by atoms with E-state index in [9.17, 15) is 14.0 Å². The van der Waals surface area contributed by atoms with E-state index in [-0.39, 0.29) is 17.6 Å². The molecule has 2 fully saturated rings. The van der Waals surface area contributed by atoms with Crippen molar-refractivity contribution in [2.75, 3.05) is 26.2 Å². The van der Waals surface area contributed by atoms with E-state index < -0.39 is 0 Å². The third kappa shape index (κ3) is 3.91. The lowest BCUT2D eigenvalue weighted by atomic mass is 10.1.